The molecular weight excluding hydrogens is 661 g/mol. The van der Waals surface area contributed by atoms with Crippen LogP contribution in [0.15, 0.2) is 97.5 Å². The van der Waals surface area contributed by atoms with Gasteiger partial charge in [0, 0.05) is 31.6 Å². The molecule has 0 bridgehead atoms. The van der Waals surface area contributed by atoms with E-state index in [4.69, 9.17) is 9.72 Å². The fraction of sp³-hybridized carbons (Fsp3) is 0.308. The zero-order valence-electron chi connectivity index (χ0n) is 29.2. The summed E-state index contributed by atoms with van der Waals surface area (Å²) in [5.74, 6) is 0.269. The fourth-order valence-corrected chi connectivity index (χ4v) is 7.02. The van der Waals surface area contributed by atoms with Gasteiger partial charge < -0.3 is 19.1 Å². The van der Waals surface area contributed by atoms with Crippen molar-refractivity contribution in [2.75, 3.05) is 40.3 Å². The van der Waals surface area contributed by atoms with E-state index in [-0.39, 0.29) is 29.3 Å². The highest BCUT2D eigenvalue weighted by Crippen LogP contribution is 2.29. The summed E-state index contributed by atoms with van der Waals surface area (Å²) >= 11 is 0. The van der Waals surface area contributed by atoms with E-state index < -0.39 is 0 Å². The fourth-order valence-electron chi connectivity index (χ4n) is 7.02. The number of piperidine rings is 1. The molecule has 0 spiro atoms. The van der Waals surface area contributed by atoms with Crippen molar-refractivity contribution in [3.8, 4) is 11.4 Å². The van der Waals surface area contributed by atoms with Crippen LogP contribution in [0.4, 0.5) is 4.39 Å². The maximum atomic E-state index is 14.0. The first-order chi connectivity index (χ1) is 25.4. The lowest BCUT2D eigenvalue weighted by atomic mass is 9.90. The molecule has 13 heteroatoms. The average molecular weight is 702 g/mol. The number of rotatable bonds is 13. The number of methoxy groups -OCH3 is 1. The summed E-state index contributed by atoms with van der Waals surface area (Å²) in [7, 11) is 3.29. The number of imidazole rings is 1. The minimum Gasteiger partial charge on any atom is -0.496 e. The second-order valence-corrected chi connectivity index (χ2v) is 13.2. The van der Waals surface area contributed by atoms with Crippen LogP contribution in [0.5, 0.6) is 5.75 Å². The summed E-state index contributed by atoms with van der Waals surface area (Å²) in [6, 6.07) is 25.3. The molecule has 1 aliphatic heterocycles. The maximum absolute atomic E-state index is 14.0. The Bertz CT molecular complexity index is 2130. The highest BCUT2D eigenvalue weighted by atomic mass is 19.1. The Labute approximate surface area is 300 Å². The van der Waals surface area contributed by atoms with Crippen LogP contribution in [0.2, 0.25) is 0 Å². The number of hydrogen-bond acceptors (Lipinski definition) is 9. The number of likely N-dealkylation sites (N-methyl/N-ethyl adjacent to an activating group) is 1. The van der Waals surface area contributed by atoms with E-state index in [1.807, 2.05) is 47.0 Å². The molecule has 12 nitrogen and oxygen atoms in total. The first kappa shape index (κ1) is 34.6. The highest BCUT2D eigenvalue weighted by Gasteiger charge is 2.30. The third-order valence-corrected chi connectivity index (χ3v) is 9.88. The van der Waals surface area contributed by atoms with Crippen LogP contribution in [-0.4, -0.2) is 96.6 Å². The monoisotopic (exact) mass is 701 g/mol. The van der Waals surface area contributed by atoms with Crippen molar-refractivity contribution < 1.29 is 18.7 Å². The zero-order valence-corrected chi connectivity index (χ0v) is 29.2. The number of carbonyl (C=O) groups is 2. The Hall–Kier alpha value is -5.82. The second kappa shape index (κ2) is 15.6. The lowest BCUT2D eigenvalue weighted by Crippen LogP contribution is -2.39. The summed E-state index contributed by atoms with van der Waals surface area (Å²) in [5, 5.41) is 11.3. The molecule has 0 saturated carbocycles. The van der Waals surface area contributed by atoms with E-state index in [2.05, 4.69) is 25.4 Å². The lowest BCUT2D eigenvalue weighted by molar-refractivity contribution is 0.0776. The summed E-state index contributed by atoms with van der Waals surface area (Å²) in [6.45, 7) is 3.18. The van der Waals surface area contributed by atoms with Crippen molar-refractivity contribution in [2.45, 2.75) is 31.7 Å². The Morgan fingerprint density at radius 1 is 1.00 bits per heavy atom. The number of pyridine rings is 1. The van der Waals surface area contributed by atoms with Gasteiger partial charge in [0.25, 0.3) is 5.91 Å². The number of fused-ring (bicyclic) bond motifs is 1. The molecule has 3 aromatic heterocycles. The number of hydrogen-bond donors (Lipinski definition) is 0. The molecule has 52 heavy (non-hydrogen) atoms. The molecule has 1 aliphatic rings. The first-order valence-corrected chi connectivity index (χ1v) is 17.4. The van der Waals surface area contributed by atoms with Crippen molar-refractivity contribution in [1.29, 1.82) is 0 Å². The molecule has 3 aromatic carbocycles. The molecule has 1 saturated heterocycles. The van der Waals surface area contributed by atoms with Gasteiger partial charge in [-0.3, -0.25) is 14.6 Å². The van der Waals surface area contributed by atoms with Gasteiger partial charge >= 0.3 is 0 Å². The minimum absolute atomic E-state index is 0.0610. The van der Waals surface area contributed by atoms with Crippen molar-refractivity contribution in [1.82, 2.24) is 44.5 Å². The number of nitrogens with zero attached hydrogens (tertiary/aromatic N) is 9. The number of halogens is 1. The zero-order chi connectivity index (χ0) is 36.0. The smallest absolute Gasteiger partial charge is 0.257 e. The molecule has 1 amide bonds. The van der Waals surface area contributed by atoms with Gasteiger partial charge in [0.15, 0.2) is 5.82 Å². The molecular formula is C39H40FN9O3. The van der Waals surface area contributed by atoms with Gasteiger partial charge in [-0.1, -0.05) is 30.3 Å². The predicted octanol–water partition coefficient (Wildman–Crippen LogP) is 5.44. The van der Waals surface area contributed by atoms with E-state index in [1.54, 1.807) is 48.5 Å². The lowest BCUT2D eigenvalue weighted by Gasteiger charge is -2.33. The van der Waals surface area contributed by atoms with Crippen LogP contribution in [0, 0.1) is 11.7 Å². The topological polar surface area (TPSA) is 124 Å². The average Bonchev–Trinajstić information content (AvgIpc) is 3.86. The van der Waals surface area contributed by atoms with E-state index in [0.717, 1.165) is 61.2 Å². The number of amides is 1. The number of ketones is 1. The van der Waals surface area contributed by atoms with Crippen LogP contribution in [-0.2, 0) is 6.54 Å². The molecule has 4 heterocycles. The Morgan fingerprint density at radius 2 is 1.79 bits per heavy atom. The Balaban J connectivity index is 1.02. The SMILES string of the molecule is COc1ccc(-n2cnnn2)cc1C(=O)N(C)CC(CCN1CCC(C(=O)c2nc3ccccc3n2Cc2ccccn2)CC1)c1ccc(F)cc1. The third-order valence-electron chi connectivity index (χ3n) is 9.88. The van der Waals surface area contributed by atoms with Gasteiger partial charge in [0.1, 0.15) is 17.9 Å². The van der Waals surface area contributed by atoms with Gasteiger partial charge in [-0.05, 0) is 109 Å². The Morgan fingerprint density at radius 3 is 2.52 bits per heavy atom. The number of likely N-dealkylation sites (tertiary alicyclic amines) is 1. The number of carbonyl (C=O) groups excluding carboxylic acids is 2. The summed E-state index contributed by atoms with van der Waals surface area (Å²) in [4.78, 5) is 41.2. The third kappa shape index (κ3) is 7.59. The van der Waals surface area contributed by atoms with E-state index in [9.17, 15) is 14.0 Å². The van der Waals surface area contributed by atoms with E-state index in [0.29, 0.717) is 35.9 Å². The van der Waals surface area contributed by atoms with Gasteiger partial charge in [-0.25, -0.2) is 14.1 Å². The molecule has 1 atom stereocenters. The van der Waals surface area contributed by atoms with E-state index in [1.165, 1.54) is 30.3 Å². The van der Waals surface area contributed by atoms with Crippen LogP contribution in [0.3, 0.4) is 0 Å². The highest BCUT2D eigenvalue weighted by molar-refractivity contribution is 5.98. The number of para-hydroxylation sites is 2. The van der Waals surface area contributed by atoms with E-state index >= 15 is 0 Å². The Kier molecular flexibility index (Phi) is 10.4. The van der Waals surface area contributed by atoms with Gasteiger partial charge in [0.2, 0.25) is 5.78 Å². The second-order valence-electron chi connectivity index (χ2n) is 13.2. The van der Waals surface area contributed by atoms with Gasteiger partial charge in [-0.15, -0.1) is 5.10 Å². The molecule has 0 N–H and O–H groups in total. The van der Waals surface area contributed by atoms with Crippen LogP contribution in [0.25, 0.3) is 16.7 Å². The van der Waals surface area contributed by atoms with Crippen molar-refractivity contribution in [3.63, 3.8) is 0 Å². The van der Waals surface area contributed by atoms with Gasteiger partial charge in [-0.2, -0.15) is 0 Å². The molecule has 266 valence electrons. The van der Waals surface area contributed by atoms with Crippen molar-refractivity contribution >= 4 is 22.7 Å². The van der Waals surface area contributed by atoms with Crippen LogP contribution >= 0.6 is 0 Å². The standard InChI is InChI=1S/C39H40FN9O3/c1-46(39(51)33-23-32(14-15-36(33)52-2)49-26-42-44-45-49)24-29(27-10-12-30(40)13-11-27)18-22-47-20-16-28(17-21-47)37(50)38-43-34-8-3-4-9-35(34)48(38)25-31-7-5-6-19-41-31/h3-15,19,23,26,28-29H,16-18,20-22,24-25H2,1-2H3. The molecule has 6 aromatic rings. The van der Waals surface area contributed by atoms with Crippen LogP contribution < -0.4 is 4.74 Å². The summed E-state index contributed by atoms with van der Waals surface area (Å²) < 4.78 is 23.0. The van der Waals surface area contributed by atoms with Crippen molar-refractivity contribution in [3.05, 3.63) is 126 Å². The number of aromatic nitrogens is 7. The normalized spacial score (nSPS) is 14.4. The summed E-state index contributed by atoms with van der Waals surface area (Å²) in [5.41, 5.74) is 4.55. The number of tetrazole rings is 1. The van der Waals surface area contributed by atoms with Gasteiger partial charge in [0.05, 0.1) is 41.6 Å². The quantitative estimate of drug-likeness (QED) is 0.145. The number of ether oxygens (including phenoxy) is 1. The minimum atomic E-state index is -0.309. The molecule has 7 rings (SSSR count). The first-order valence-electron chi connectivity index (χ1n) is 17.4. The maximum Gasteiger partial charge on any atom is 0.257 e. The summed E-state index contributed by atoms with van der Waals surface area (Å²) in [6.07, 6.45) is 5.41. The predicted molar refractivity (Wildman–Crippen MR) is 193 cm³/mol. The molecule has 1 unspecified atom stereocenters. The molecule has 1 fully saturated rings. The van der Waals surface area contributed by atoms with Crippen molar-refractivity contribution in [2.24, 2.45) is 5.92 Å². The number of Topliss-reactive ketones (excluding diaryl/α,β-unsaturated/α-hetero) is 1. The number of benzene rings is 3. The molecule has 0 aliphatic carbocycles. The molecule has 0 radical (unpaired) electrons. The largest absolute Gasteiger partial charge is 0.496 e. The van der Waals surface area contributed by atoms with Crippen LogP contribution in [0.1, 0.15) is 57.4 Å².